The Kier molecular flexibility index (Phi) is 3.57. The molecule has 1 aliphatic rings. The molecule has 1 fully saturated rings. The number of rotatable bonds is 3. The van der Waals surface area contributed by atoms with Gasteiger partial charge in [-0.2, -0.15) is 0 Å². The lowest BCUT2D eigenvalue weighted by molar-refractivity contribution is -0.107. The van der Waals surface area contributed by atoms with Crippen molar-refractivity contribution in [2.24, 2.45) is 0 Å². The van der Waals surface area contributed by atoms with Crippen LogP contribution in [0.2, 0.25) is 0 Å². The molecular formula is C8H13NO3. The van der Waals surface area contributed by atoms with E-state index < -0.39 is 6.09 Å². The van der Waals surface area contributed by atoms with Crippen LogP contribution in [0.5, 0.6) is 0 Å². The summed E-state index contributed by atoms with van der Waals surface area (Å²) in [6.07, 6.45) is 4.39. The predicted octanol–water partition coefficient (Wildman–Crippen LogP) is 0.854. The van der Waals surface area contributed by atoms with Crippen LogP contribution in [0.1, 0.15) is 25.7 Å². The second kappa shape index (κ2) is 4.74. The first-order chi connectivity index (χ1) is 5.83. The molecule has 0 aliphatic heterocycles. The molecule has 0 spiro atoms. The Morgan fingerprint density at radius 2 is 2.17 bits per heavy atom. The van der Waals surface area contributed by atoms with Gasteiger partial charge < -0.3 is 14.8 Å². The first kappa shape index (κ1) is 9.03. The number of ether oxygens (including phenoxy) is 1. The van der Waals surface area contributed by atoms with E-state index in [1.807, 2.05) is 0 Å². The van der Waals surface area contributed by atoms with E-state index in [9.17, 15) is 9.59 Å². The van der Waals surface area contributed by atoms with E-state index in [0.717, 1.165) is 25.7 Å². The Morgan fingerprint density at radius 1 is 1.50 bits per heavy atom. The van der Waals surface area contributed by atoms with Crippen LogP contribution >= 0.6 is 0 Å². The molecule has 0 radical (unpaired) electrons. The van der Waals surface area contributed by atoms with Gasteiger partial charge in [-0.25, -0.2) is 4.79 Å². The molecule has 0 aromatic carbocycles. The molecular weight excluding hydrogens is 158 g/mol. The van der Waals surface area contributed by atoms with Crippen molar-refractivity contribution in [2.75, 3.05) is 6.54 Å². The maximum atomic E-state index is 10.9. The minimum absolute atomic E-state index is 0.0333. The highest BCUT2D eigenvalue weighted by molar-refractivity contribution is 5.71. The highest BCUT2D eigenvalue weighted by atomic mass is 16.6. The van der Waals surface area contributed by atoms with Crippen LogP contribution in [0.15, 0.2) is 0 Å². The Bertz CT molecular complexity index is 164. The van der Waals surface area contributed by atoms with E-state index in [0.29, 0.717) is 6.29 Å². The minimum Gasteiger partial charge on any atom is -0.446 e. The van der Waals surface area contributed by atoms with Gasteiger partial charge in [0.1, 0.15) is 12.4 Å². The summed E-state index contributed by atoms with van der Waals surface area (Å²) in [6.45, 7) is 0.0333. The largest absolute Gasteiger partial charge is 0.446 e. The Labute approximate surface area is 71.3 Å². The van der Waals surface area contributed by atoms with Crippen molar-refractivity contribution in [3.05, 3.63) is 0 Å². The fraction of sp³-hybridized carbons (Fsp3) is 0.750. The van der Waals surface area contributed by atoms with Gasteiger partial charge in [0.25, 0.3) is 0 Å². The molecule has 1 aliphatic carbocycles. The van der Waals surface area contributed by atoms with Gasteiger partial charge in [-0.1, -0.05) is 0 Å². The SMILES string of the molecule is O=CCNC(=O)OC1CCCC1. The van der Waals surface area contributed by atoms with E-state index in [1.54, 1.807) is 0 Å². The van der Waals surface area contributed by atoms with Crippen LogP contribution in [0, 0.1) is 0 Å². The van der Waals surface area contributed by atoms with Crippen LogP contribution < -0.4 is 5.32 Å². The van der Waals surface area contributed by atoms with Gasteiger partial charge in [0, 0.05) is 0 Å². The normalized spacial score (nSPS) is 17.3. The summed E-state index contributed by atoms with van der Waals surface area (Å²) in [7, 11) is 0. The Morgan fingerprint density at radius 3 is 2.75 bits per heavy atom. The van der Waals surface area contributed by atoms with Crippen LogP contribution in [0.3, 0.4) is 0 Å². The zero-order valence-electron chi connectivity index (χ0n) is 6.91. The first-order valence-corrected chi connectivity index (χ1v) is 4.21. The summed E-state index contributed by atoms with van der Waals surface area (Å²) in [5, 5.41) is 2.33. The molecule has 4 heteroatoms. The highest BCUT2D eigenvalue weighted by Gasteiger charge is 2.18. The van der Waals surface area contributed by atoms with Gasteiger partial charge in [-0.15, -0.1) is 0 Å². The van der Waals surface area contributed by atoms with Gasteiger partial charge in [0.05, 0.1) is 6.54 Å². The molecule has 0 atom stereocenters. The molecule has 0 aromatic rings. The standard InChI is InChI=1S/C8H13NO3/c10-6-5-9-8(11)12-7-3-1-2-4-7/h6-7H,1-5H2,(H,9,11). The molecule has 0 bridgehead atoms. The fourth-order valence-corrected chi connectivity index (χ4v) is 1.32. The van der Waals surface area contributed by atoms with Gasteiger partial charge in [-0.3, -0.25) is 0 Å². The summed E-state index contributed by atoms with van der Waals surface area (Å²) < 4.78 is 5.00. The molecule has 4 nitrogen and oxygen atoms in total. The first-order valence-electron chi connectivity index (χ1n) is 4.21. The zero-order valence-corrected chi connectivity index (χ0v) is 6.91. The molecule has 0 unspecified atom stereocenters. The number of carbonyl (C=O) groups excluding carboxylic acids is 2. The van der Waals surface area contributed by atoms with E-state index in [1.165, 1.54) is 0 Å². The number of hydrogen-bond donors (Lipinski definition) is 1. The lowest BCUT2D eigenvalue weighted by Gasteiger charge is -2.10. The average Bonchev–Trinajstić information content (AvgIpc) is 2.53. The summed E-state index contributed by atoms with van der Waals surface area (Å²) in [4.78, 5) is 20.7. The summed E-state index contributed by atoms with van der Waals surface area (Å²) in [6, 6.07) is 0. The maximum Gasteiger partial charge on any atom is 0.407 e. The third-order valence-corrected chi connectivity index (χ3v) is 1.91. The lowest BCUT2D eigenvalue weighted by atomic mass is 10.3. The fourth-order valence-electron chi connectivity index (χ4n) is 1.32. The molecule has 68 valence electrons. The number of carbonyl (C=O) groups is 2. The number of alkyl carbamates (subject to hydrolysis) is 1. The van der Waals surface area contributed by atoms with Gasteiger partial charge in [-0.05, 0) is 25.7 Å². The number of aldehydes is 1. The van der Waals surface area contributed by atoms with E-state index >= 15 is 0 Å². The van der Waals surface area contributed by atoms with Crippen molar-refractivity contribution in [3.63, 3.8) is 0 Å². The lowest BCUT2D eigenvalue weighted by Crippen LogP contribution is -2.29. The quantitative estimate of drug-likeness (QED) is 0.640. The Hall–Kier alpha value is -1.06. The van der Waals surface area contributed by atoms with E-state index in [-0.39, 0.29) is 12.6 Å². The van der Waals surface area contributed by atoms with Gasteiger partial charge >= 0.3 is 6.09 Å². The smallest absolute Gasteiger partial charge is 0.407 e. The molecule has 0 aromatic heterocycles. The van der Waals surface area contributed by atoms with Crippen molar-refractivity contribution in [3.8, 4) is 0 Å². The molecule has 0 saturated heterocycles. The van der Waals surface area contributed by atoms with E-state index in [2.05, 4.69) is 5.32 Å². The highest BCUT2D eigenvalue weighted by Crippen LogP contribution is 2.20. The van der Waals surface area contributed by atoms with Crippen LogP contribution in [-0.2, 0) is 9.53 Å². The molecule has 1 saturated carbocycles. The van der Waals surface area contributed by atoms with Crippen molar-refractivity contribution in [1.29, 1.82) is 0 Å². The average molecular weight is 171 g/mol. The molecule has 0 heterocycles. The van der Waals surface area contributed by atoms with Crippen LogP contribution in [0.25, 0.3) is 0 Å². The molecule has 1 amide bonds. The van der Waals surface area contributed by atoms with Crippen molar-refractivity contribution in [1.82, 2.24) is 5.32 Å². The van der Waals surface area contributed by atoms with Crippen molar-refractivity contribution < 1.29 is 14.3 Å². The van der Waals surface area contributed by atoms with Gasteiger partial charge in [0.15, 0.2) is 0 Å². The summed E-state index contributed by atoms with van der Waals surface area (Å²) >= 11 is 0. The predicted molar refractivity (Wildman–Crippen MR) is 42.8 cm³/mol. The summed E-state index contributed by atoms with van der Waals surface area (Å²) in [5.41, 5.74) is 0. The summed E-state index contributed by atoms with van der Waals surface area (Å²) in [5.74, 6) is 0. The third kappa shape index (κ3) is 2.90. The molecule has 1 rings (SSSR count). The maximum absolute atomic E-state index is 10.9. The third-order valence-electron chi connectivity index (χ3n) is 1.91. The Balaban J connectivity index is 2.11. The molecule has 1 N–H and O–H groups in total. The monoisotopic (exact) mass is 171 g/mol. The van der Waals surface area contributed by atoms with Crippen molar-refractivity contribution in [2.45, 2.75) is 31.8 Å². The second-order valence-electron chi connectivity index (χ2n) is 2.86. The second-order valence-corrected chi connectivity index (χ2v) is 2.86. The minimum atomic E-state index is -0.478. The number of amides is 1. The zero-order chi connectivity index (χ0) is 8.81. The van der Waals surface area contributed by atoms with Crippen molar-refractivity contribution >= 4 is 12.4 Å². The van der Waals surface area contributed by atoms with E-state index in [4.69, 9.17) is 4.74 Å². The topological polar surface area (TPSA) is 55.4 Å². The van der Waals surface area contributed by atoms with Gasteiger partial charge in [0.2, 0.25) is 0 Å². The van der Waals surface area contributed by atoms with Crippen LogP contribution in [0.4, 0.5) is 4.79 Å². The number of nitrogens with one attached hydrogen (secondary N) is 1. The number of hydrogen-bond acceptors (Lipinski definition) is 3. The molecule has 12 heavy (non-hydrogen) atoms. The van der Waals surface area contributed by atoms with Crippen LogP contribution in [-0.4, -0.2) is 25.0 Å².